The monoisotopic (exact) mass is 430 g/mol. The van der Waals surface area contributed by atoms with Gasteiger partial charge in [-0.3, -0.25) is 0 Å². The van der Waals surface area contributed by atoms with E-state index in [0.29, 0.717) is 24.7 Å². The minimum Gasteiger partial charge on any atom is -0.453 e. The molecule has 0 atom stereocenters. The standard InChI is InChI=1S/C20H28F3O.Y/c1-4-19(21)13-15(3)24-20(22,23)18-11-9-17(10-12-18)16-7-5-14(2)6-8-16;/h13-14,16-18H,1,3,5-12H2,2H3;/q-1;/b19-13+;. The molecule has 0 aromatic carbocycles. The van der Waals surface area contributed by atoms with Crippen molar-refractivity contribution in [1.82, 2.24) is 0 Å². The van der Waals surface area contributed by atoms with E-state index in [2.05, 4.69) is 24.8 Å². The van der Waals surface area contributed by atoms with Gasteiger partial charge in [-0.1, -0.05) is 26.3 Å². The van der Waals surface area contributed by atoms with Gasteiger partial charge in [0, 0.05) is 38.5 Å². The topological polar surface area (TPSA) is 9.23 Å². The molecule has 2 rings (SSSR count). The van der Waals surface area contributed by atoms with Crippen LogP contribution in [0.5, 0.6) is 0 Å². The zero-order chi connectivity index (χ0) is 17.7. The maximum absolute atomic E-state index is 14.3. The van der Waals surface area contributed by atoms with Gasteiger partial charge < -0.3 is 4.74 Å². The van der Waals surface area contributed by atoms with Crippen molar-refractivity contribution >= 4 is 0 Å². The Morgan fingerprint density at radius 3 is 2.00 bits per heavy atom. The number of hydrogen-bond acceptors (Lipinski definition) is 1. The van der Waals surface area contributed by atoms with Gasteiger partial charge in [0.15, 0.2) is 0 Å². The summed E-state index contributed by atoms with van der Waals surface area (Å²) in [7, 11) is 0. The number of allylic oxidation sites excluding steroid dienone is 3. The van der Waals surface area contributed by atoms with Crippen molar-refractivity contribution in [3.8, 4) is 0 Å². The average Bonchev–Trinajstić information content (AvgIpc) is 2.55. The Kier molecular flexibility index (Phi) is 9.46. The van der Waals surface area contributed by atoms with Gasteiger partial charge in [0.25, 0.3) is 0 Å². The van der Waals surface area contributed by atoms with Crippen LogP contribution in [0, 0.1) is 29.7 Å². The molecule has 0 aromatic rings. The van der Waals surface area contributed by atoms with Gasteiger partial charge in [0.2, 0.25) is 0 Å². The molecule has 0 N–H and O–H groups in total. The Morgan fingerprint density at radius 1 is 1.04 bits per heavy atom. The fraction of sp³-hybridized carbons (Fsp3) is 0.700. The van der Waals surface area contributed by atoms with E-state index in [9.17, 15) is 13.2 Å². The third kappa shape index (κ3) is 6.86. The quantitative estimate of drug-likeness (QED) is 0.263. The fourth-order valence-electron chi connectivity index (χ4n) is 4.16. The normalized spacial score (nSPS) is 31.0. The number of ether oxygens (including phenoxy) is 1. The van der Waals surface area contributed by atoms with E-state index in [1.807, 2.05) is 6.08 Å². The molecule has 0 amide bonds. The van der Waals surface area contributed by atoms with Gasteiger partial charge >= 0.3 is 6.11 Å². The Morgan fingerprint density at radius 2 is 1.52 bits per heavy atom. The molecular formula is C20H28F3OY-. The maximum atomic E-state index is 14.3. The summed E-state index contributed by atoms with van der Waals surface area (Å²) in [6.45, 7) is 8.73. The summed E-state index contributed by atoms with van der Waals surface area (Å²) in [5.41, 5.74) is 0. The molecule has 2 aliphatic carbocycles. The van der Waals surface area contributed by atoms with Crippen molar-refractivity contribution in [3.05, 3.63) is 36.9 Å². The van der Waals surface area contributed by atoms with Crippen molar-refractivity contribution in [3.63, 3.8) is 0 Å². The fourth-order valence-corrected chi connectivity index (χ4v) is 4.16. The third-order valence-electron chi connectivity index (χ3n) is 5.70. The minimum absolute atomic E-state index is 0. The SMILES string of the molecule is C=[C-]/C(F)=C\C(=C)OC(F)(F)C1CCC(C2CCC(C)CC2)CC1.[Y]. The van der Waals surface area contributed by atoms with Crippen LogP contribution in [0.2, 0.25) is 0 Å². The number of halogens is 3. The minimum atomic E-state index is -3.30. The Balaban J connectivity index is 0.00000312. The van der Waals surface area contributed by atoms with E-state index >= 15 is 0 Å². The predicted octanol–water partition coefficient (Wildman–Crippen LogP) is 6.58. The molecule has 0 unspecified atom stereocenters. The van der Waals surface area contributed by atoms with Gasteiger partial charge in [-0.05, 0) is 62.1 Å². The zero-order valence-electron chi connectivity index (χ0n) is 15.1. The van der Waals surface area contributed by atoms with Crippen LogP contribution in [-0.2, 0) is 37.4 Å². The van der Waals surface area contributed by atoms with Crippen LogP contribution >= 0.6 is 0 Å². The molecule has 0 heterocycles. The molecule has 2 saturated carbocycles. The van der Waals surface area contributed by atoms with Crippen LogP contribution in [0.3, 0.4) is 0 Å². The van der Waals surface area contributed by atoms with Crippen molar-refractivity contribution in [2.24, 2.45) is 23.7 Å². The molecule has 0 saturated heterocycles. The summed E-state index contributed by atoms with van der Waals surface area (Å²) in [5, 5.41) is 0. The zero-order valence-corrected chi connectivity index (χ0v) is 17.9. The summed E-state index contributed by atoms with van der Waals surface area (Å²) in [6.07, 6.45) is 7.03. The van der Waals surface area contributed by atoms with Gasteiger partial charge in [-0.15, -0.1) is 6.08 Å². The molecule has 0 aliphatic heterocycles. The van der Waals surface area contributed by atoms with E-state index in [-0.39, 0.29) is 32.7 Å². The van der Waals surface area contributed by atoms with Crippen LogP contribution in [0.25, 0.3) is 0 Å². The second kappa shape index (κ2) is 10.3. The molecule has 1 radical (unpaired) electrons. The van der Waals surface area contributed by atoms with Gasteiger partial charge in [0.1, 0.15) is 0 Å². The summed E-state index contributed by atoms with van der Waals surface area (Å²) in [6, 6.07) is 0. The number of alkyl halides is 2. The van der Waals surface area contributed by atoms with Crippen LogP contribution in [-0.4, -0.2) is 6.11 Å². The molecule has 0 bridgehead atoms. The largest absolute Gasteiger partial charge is 0.453 e. The molecule has 25 heavy (non-hydrogen) atoms. The van der Waals surface area contributed by atoms with Crippen LogP contribution in [0.1, 0.15) is 58.3 Å². The molecule has 0 aromatic heterocycles. The Labute approximate surface area is 175 Å². The first-order chi connectivity index (χ1) is 11.3. The average molecular weight is 430 g/mol. The van der Waals surface area contributed by atoms with Crippen molar-refractivity contribution in [1.29, 1.82) is 0 Å². The van der Waals surface area contributed by atoms with Gasteiger partial charge in [0.05, 0.1) is 5.92 Å². The first-order valence-corrected chi connectivity index (χ1v) is 8.97. The molecule has 139 valence electrons. The van der Waals surface area contributed by atoms with Crippen LogP contribution in [0.15, 0.2) is 30.8 Å². The van der Waals surface area contributed by atoms with Crippen LogP contribution < -0.4 is 0 Å². The first-order valence-electron chi connectivity index (χ1n) is 8.97. The first kappa shape index (κ1) is 23.0. The van der Waals surface area contributed by atoms with Crippen molar-refractivity contribution < 1.29 is 50.6 Å². The molecular weight excluding hydrogens is 402 g/mol. The predicted molar refractivity (Wildman–Crippen MR) is 89.8 cm³/mol. The summed E-state index contributed by atoms with van der Waals surface area (Å²) >= 11 is 0. The number of hydrogen-bond donors (Lipinski definition) is 0. The summed E-state index contributed by atoms with van der Waals surface area (Å²) in [5.74, 6) is 0.00938. The van der Waals surface area contributed by atoms with Gasteiger partial charge in [-0.25, -0.2) is 10.5 Å². The smallest absolute Gasteiger partial charge is 0.399 e. The molecule has 0 spiro atoms. The van der Waals surface area contributed by atoms with E-state index in [4.69, 9.17) is 0 Å². The summed E-state index contributed by atoms with van der Waals surface area (Å²) in [4.78, 5) is 0. The third-order valence-corrected chi connectivity index (χ3v) is 5.70. The van der Waals surface area contributed by atoms with Gasteiger partial charge in [-0.2, -0.15) is 15.4 Å². The molecule has 5 heteroatoms. The van der Waals surface area contributed by atoms with Crippen LogP contribution in [0.4, 0.5) is 13.2 Å². The van der Waals surface area contributed by atoms with E-state index < -0.39 is 23.6 Å². The van der Waals surface area contributed by atoms with E-state index in [1.54, 1.807) is 0 Å². The number of rotatable bonds is 6. The molecule has 1 nitrogen and oxygen atoms in total. The second-order valence-corrected chi connectivity index (χ2v) is 7.43. The molecule has 2 fully saturated rings. The Bertz CT molecular complexity index is 473. The summed E-state index contributed by atoms with van der Waals surface area (Å²) < 4.78 is 46.1. The van der Waals surface area contributed by atoms with Crippen molar-refractivity contribution in [2.75, 3.05) is 0 Å². The van der Waals surface area contributed by atoms with Crippen molar-refractivity contribution in [2.45, 2.75) is 64.4 Å². The maximum Gasteiger partial charge on any atom is 0.399 e. The Hall–Kier alpha value is -0.0861. The van der Waals surface area contributed by atoms with E-state index in [0.717, 1.165) is 24.8 Å². The second-order valence-electron chi connectivity index (χ2n) is 7.43. The van der Waals surface area contributed by atoms with E-state index in [1.165, 1.54) is 25.7 Å². The molecule has 2 aliphatic rings.